The molecule has 0 unspecified atom stereocenters. The summed E-state index contributed by atoms with van der Waals surface area (Å²) in [6.07, 6.45) is 2.09. The number of carbonyl (C=O) groups is 1. The maximum atomic E-state index is 11.7. The SMILES string of the molecule is CCCCNC(=O)c1ccc(Cl)cc1I. The fourth-order valence-electron chi connectivity index (χ4n) is 1.15. The van der Waals surface area contributed by atoms with Gasteiger partial charge in [0.15, 0.2) is 0 Å². The highest BCUT2D eigenvalue weighted by Crippen LogP contribution is 2.17. The molecule has 1 aromatic rings. The van der Waals surface area contributed by atoms with Crippen molar-refractivity contribution in [1.29, 1.82) is 0 Å². The molecule has 4 heteroatoms. The highest BCUT2D eigenvalue weighted by atomic mass is 127. The Balaban J connectivity index is 2.65. The standard InChI is InChI=1S/C11H13ClINO/c1-2-3-6-14-11(15)9-5-4-8(12)7-10(9)13/h4-5,7H,2-3,6H2,1H3,(H,14,15). The molecule has 1 N–H and O–H groups in total. The largest absolute Gasteiger partial charge is 0.352 e. The maximum absolute atomic E-state index is 11.7. The van der Waals surface area contributed by atoms with Crippen LogP contribution >= 0.6 is 34.2 Å². The minimum absolute atomic E-state index is 0.0236. The first-order valence-corrected chi connectivity index (χ1v) is 6.34. The van der Waals surface area contributed by atoms with Gasteiger partial charge in [-0.3, -0.25) is 4.79 Å². The molecule has 0 heterocycles. The summed E-state index contributed by atoms with van der Waals surface area (Å²) in [7, 11) is 0. The molecule has 0 aliphatic carbocycles. The van der Waals surface area contributed by atoms with Crippen LogP contribution in [0.1, 0.15) is 30.1 Å². The molecule has 0 saturated carbocycles. The topological polar surface area (TPSA) is 29.1 Å². The van der Waals surface area contributed by atoms with Crippen LogP contribution in [0.25, 0.3) is 0 Å². The number of unbranched alkanes of at least 4 members (excludes halogenated alkanes) is 1. The van der Waals surface area contributed by atoms with Crippen LogP contribution in [0.2, 0.25) is 5.02 Å². The smallest absolute Gasteiger partial charge is 0.252 e. The molecule has 15 heavy (non-hydrogen) atoms. The Morgan fingerprint density at radius 3 is 2.87 bits per heavy atom. The van der Waals surface area contributed by atoms with Crippen molar-refractivity contribution in [3.63, 3.8) is 0 Å². The van der Waals surface area contributed by atoms with E-state index < -0.39 is 0 Å². The minimum Gasteiger partial charge on any atom is -0.352 e. The zero-order chi connectivity index (χ0) is 11.3. The van der Waals surface area contributed by atoms with Gasteiger partial charge in [-0.05, 0) is 47.2 Å². The van der Waals surface area contributed by atoms with Crippen molar-refractivity contribution in [2.24, 2.45) is 0 Å². The van der Waals surface area contributed by atoms with Gasteiger partial charge in [-0.1, -0.05) is 24.9 Å². The lowest BCUT2D eigenvalue weighted by molar-refractivity contribution is 0.0952. The summed E-state index contributed by atoms with van der Waals surface area (Å²) >= 11 is 7.93. The summed E-state index contributed by atoms with van der Waals surface area (Å²) in [6.45, 7) is 2.83. The van der Waals surface area contributed by atoms with Crippen LogP contribution in [0.5, 0.6) is 0 Å². The first kappa shape index (κ1) is 12.8. The summed E-state index contributed by atoms with van der Waals surface area (Å²) in [6, 6.07) is 5.28. The first-order valence-electron chi connectivity index (χ1n) is 4.88. The summed E-state index contributed by atoms with van der Waals surface area (Å²) in [5, 5.41) is 3.53. The van der Waals surface area contributed by atoms with Crippen LogP contribution in [0.15, 0.2) is 18.2 Å². The highest BCUT2D eigenvalue weighted by Gasteiger charge is 2.08. The Morgan fingerprint density at radius 2 is 2.27 bits per heavy atom. The molecule has 0 aliphatic heterocycles. The summed E-state index contributed by atoms with van der Waals surface area (Å²) in [4.78, 5) is 11.7. The Labute approximate surface area is 109 Å². The molecule has 1 aromatic carbocycles. The highest BCUT2D eigenvalue weighted by molar-refractivity contribution is 14.1. The van der Waals surface area contributed by atoms with Crippen LogP contribution in [-0.2, 0) is 0 Å². The Bertz CT molecular complexity index is 354. The van der Waals surface area contributed by atoms with E-state index in [1.807, 2.05) is 0 Å². The average molecular weight is 338 g/mol. The summed E-state index contributed by atoms with van der Waals surface area (Å²) in [5.41, 5.74) is 0.691. The van der Waals surface area contributed by atoms with Gasteiger partial charge in [0.1, 0.15) is 0 Å². The molecule has 82 valence electrons. The number of halogens is 2. The minimum atomic E-state index is -0.0236. The van der Waals surface area contributed by atoms with Gasteiger partial charge < -0.3 is 5.32 Å². The van der Waals surface area contributed by atoms with Crippen molar-refractivity contribution < 1.29 is 4.79 Å². The van der Waals surface area contributed by atoms with Crippen LogP contribution in [0.4, 0.5) is 0 Å². The van der Waals surface area contributed by atoms with E-state index in [9.17, 15) is 4.79 Å². The number of carbonyl (C=O) groups excluding carboxylic acids is 1. The number of hydrogen-bond acceptors (Lipinski definition) is 1. The van der Waals surface area contributed by atoms with Gasteiger partial charge in [-0.15, -0.1) is 0 Å². The maximum Gasteiger partial charge on any atom is 0.252 e. The molecule has 1 rings (SSSR count). The van der Waals surface area contributed by atoms with Crippen LogP contribution < -0.4 is 5.32 Å². The average Bonchev–Trinajstić information content (AvgIpc) is 2.17. The molecule has 0 aromatic heterocycles. The van der Waals surface area contributed by atoms with Gasteiger partial charge in [0, 0.05) is 15.1 Å². The van der Waals surface area contributed by atoms with E-state index in [1.165, 1.54) is 0 Å². The fourth-order valence-corrected chi connectivity index (χ4v) is 2.26. The van der Waals surface area contributed by atoms with Crippen molar-refractivity contribution in [3.05, 3.63) is 32.4 Å². The lowest BCUT2D eigenvalue weighted by atomic mass is 10.2. The number of nitrogens with one attached hydrogen (secondary N) is 1. The Kier molecular flexibility index (Phi) is 5.39. The van der Waals surface area contributed by atoms with Crippen molar-refractivity contribution in [2.75, 3.05) is 6.54 Å². The van der Waals surface area contributed by atoms with E-state index in [2.05, 4.69) is 34.8 Å². The van der Waals surface area contributed by atoms with Crippen molar-refractivity contribution in [3.8, 4) is 0 Å². The quantitative estimate of drug-likeness (QED) is 0.661. The molecule has 0 aliphatic rings. The van der Waals surface area contributed by atoms with E-state index in [0.717, 1.165) is 23.0 Å². The predicted octanol–water partition coefficient (Wildman–Crippen LogP) is 3.47. The van der Waals surface area contributed by atoms with Gasteiger partial charge >= 0.3 is 0 Å². The molecule has 0 saturated heterocycles. The number of hydrogen-bond donors (Lipinski definition) is 1. The van der Waals surface area contributed by atoms with E-state index >= 15 is 0 Å². The lowest BCUT2D eigenvalue weighted by Crippen LogP contribution is -2.25. The van der Waals surface area contributed by atoms with E-state index in [1.54, 1.807) is 18.2 Å². The van der Waals surface area contributed by atoms with Crippen molar-refractivity contribution in [2.45, 2.75) is 19.8 Å². The van der Waals surface area contributed by atoms with E-state index in [-0.39, 0.29) is 5.91 Å². The molecular formula is C11H13ClINO. The Hall–Kier alpha value is -0.290. The first-order chi connectivity index (χ1) is 7.15. The molecule has 0 fully saturated rings. The zero-order valence-electron chi connectivity index (χ0n) is 8.52. The second kappa shape index (κ2) is 6.33. The van der Waals surface area contributed by atoms with Gasteiger partial charge in [0.2, 0.25) is 0 Å². The summed E-state index contributed by atoms with van der Waals surface area (Å²) < 4.78 is 0.883. The third-order valence-corrected chi connectivity index (χ3v) is 3.12. The van der Waals surface area contributed by atoms with Crippen LogP contribution in [0, 0.1) is 3.57 Å². The molecule has 0 spiro atoms. The molecule has 1 amide bonds. The summed E-state index contributed by atoms with van der Waals surface area (Å²) in [5.74, 6) is -0.0236. The molecular weight excluding hydrogens is 324 g/mol. The van der Waals surface area contributed by atoms with E-state index in [0.29, 0.717) is 10.6 Å². The third kappa shape index (κ3) is 3.99. The lowest BCUT2D eigenvalue weighted by Gasteiger charge is -2.06. The number of rotatable bonds is 4. The van der Waals surface area contributed by atoms with Crippen LogP contribution in [0.3, 0.4) is 0 Å². The molecule has 0 radical (unpaired) electrons. The van der Waals surface area contributed by atoms with Crippen molar-refractivity contribution >= 4 is 40.1 Å². The second-order valence-electron chi connectivity index (χ2n) is 3.23. The predicted molar refractivity (Wildman–Crippen MR) is 71.4 cm³/mol. The molecule has 0 bridgehead atoms. The monoisotopic (exact) mass is 337 g/mol. The number of benzene rings is 1. The van der Waals surface area contributed by atoms with E-state index in [4.69, 9.17) is 11.6 Å². The van der Waals surface area contributed by atoms with Crippen LogP contribution in [-0.4, -0.2) is 12.5 Å². The second-order valence-corrected chi connectivity index (χ2v) is 4.83. The fraction of sp³-hybridized carbons (Fsp3) is 0.364. The van der Waals surface area contributed by atoms with Gasteiger partial charge in [0.25, 0.3) is 5.91 Å². The molecule has 0 atom stereocenters. The zero-order valence-corrected chi connectivity index (χ0v) is 11.4. The number of amides is 1. The van der Waals surface area contributed by atoms with Gasteiger partial charge in [-0.2, -0.15) is 0 Å². The van der Waals surface area contributed by atoms with Gasteiger partial charge in [0.05, 0.1) is 5.56 Å². The molecule has 2 nitrogen and oxygen atoms in total. The van der Waals surface area contributed by atoms with Crippen molar-refractivity contribution in [1.82, 2.24) is 5.32 Å². The van der Waals surface area contributed by atoms with Gasteiger partial charge in [-0.25, -0.2) is 0 Å². The normalized spacial score (nSPS) is 10.1. The Morgan fingerprint density at radius 1 is 1.53 bits per heavy atom. The third-order valence-electron chi connectivity index (χ3n) is 1.99.